The van der Waals surface area contributed by atoms with E-state index < -0.39 is 5.97 Å². The molecular formula is C18H23NO4. The first-order valence-electron chi connectivity index (χ1n) is 8.38. The quantitative estimate of drug-likeness (QED) is 0.926. The molecule has 23 heavy (non-hydrogen) atoms. The molecule has 5 heteroatoms. The number of morpholine rings is 1. The minimum absolute atomic E-state index is 0.188. The standard InChI is InChI=1S/C18H23NO4/c20-17(10-7-13-5-8-14(9-6-13)18(21)22)19-11-12-23-16-4-2-1-3-15(16)19/h5-6,8-9,15-16H,1-4,7,10-12H2,(H,21,22)/t15-,16-/m0/s1. The summed E-state index contributed by atoms with van der Waals surface area (Å²) in [4.78, 5) is 25.4. The number of ether oxygens (including phenoxy) is 1. The number of hydrogen-bond acceptors (Lipinski definition) is 3. The zero-order chi connectivity index (χ0) is 16.2. The molecule has 0 radical (unpaired) electrons. The number of carbonyl (C=O) groups excluding carboxylic acids is 1. The molecule has 1 amide bonds. The fourth-order valence-electron chi connectivity index (χ4n) is 3.61. The van der Waals surface area contributed by atoms with E-state index in [0.29, 0.717) is 26.0 Å². The maximum Gasteiger partial charge on any atom is 0.335 e. The number of benzene rings is 1. The van der Waals surface area contributed by atoms with Gasteiger partial charge in [-0.1, -0.05) is 25.0 Å². The second kappa shape index (κ2) is 7.13. The molecule has 2 fully saturated rings. The fraction of sp³-hybridized carbons (Fsp3) is 0.556. The van der Waals surface area contributed by atoms with Crippen molar-refractivity contribution in [2.75, 3.05) is 13.2 Å². The third-order valence-corrected chi connectivity index (χ3v) is 4.88. The summed E-state index contributed by atoms with van der Waals surface area (Å²) < 4.78 is 5.81. The summed E-state index contributed by atoms with van der Waals surface area (Å²) in [5.41, 5.74) is 1.27. The third-order valence-electron chi connectivity index (χ3n) is 4.88. The van der Waals surface area contributed by atoms with E-state index in [4.69, 9.17) is 9.84 Å². The van der Waals surface area contributed by atoms with Gasteiger partial charge in [-0.05, 0) is 37.0 Å². The van der Waals surface area contributed by atoms with Gasteiger partial charge in [0.05, 0.1) is 24.3 Å². The van der Waals surface area contributed by atoms with Gasteiger partial charge in [-0.3, -0.25) is 4.79 Å². The molecule has 2 atom stereocenters. The lowest BCUT2D eigenvalue weighted by molar-refractivity contribution is -0.149. The second-order valence-electron chi connectivity index (χ2n) is 6.35. The van der Waals surface area contributed by atoms with Crippen LogP contribution in [0.15, 0.2) is 24.3 Å². The highest BCUT2D eigenvalue weighted by Gasteiger charge is 2.36. The van der Waals surface area contributed by atoms with Gasteiger partial charge in [-0.15, -0.1) is 0 Å². The summed E-state index contributed by atoms with van der Waals surface area (Å²) in [7, 11) is 0. The molecule has 5 nitrogen and oxygen atoms in total. The predicted molar refractivity (Wildman–Crippen MR) is 85.4 cm³/mol. The van der Waals surface area contributed by atoms with Gasteiger partial charge in [0.1, 0.15) is 0 Å². The van der Waals surface area contributed by atoms with Gasteiger partial charge in [0.2, 0.25) is 5.91 Å². The summed E-state index contributed by atoms with van der Waals surface area (Å²) in [5.74, 6) is -0.739. The van der Waals surface area contributed by atoms with E-state index >= 15 is 0 Å². The van der Waals surface area contributed by atoms with Crippen LogP contribution in [0.5, 0.6) is 0 Å². The minimum atomic E-state index is -0.927. The normalized spacial score (nSPS) is 24.1. The maximum absolute atomic E-state index is 12.6. The van der Waals surface area contributed by atoms with Gasteiger partial charge < -0.3 is 14.7 Å². The van der Waals surface area contributed by atoms with E-state index in [1.807, 2.05) is 4.90 Å². The van der Waals surface area contributed by atoms with Gasteiger partial charge in [-0.2, -0.15) is 0 Å². The van der Waals surface area contributed by atoms with Gasteiger partial charge in [0, 0.05) is 13.0 Å². The first-order chi connectivity index (χ1) is 11.1. The van der Waals surface area contributed by atoms with E-state index in [-0.39, 0.29) is 23.6 Å². The van der Waals surface area contributed by atoms with E-state index in [1.165, 1.54) is 12.8 Å². The molecule has 1 saturated carbocycles. The number of amides is 1. The van der Waals surface area contributed by atoms with E-state index in [9.17, 15) is 9.59 Å². The van der Waals surface area contributed by atoms with E-state index in [2.05, 4.69) is 0 Å². The zero-order valence-electron chi connectivity index (χ0n) is 13.2. The average Bonchev–Trinajstić information content (AvgIpc) is 2.59. The van der Waals surface area contributed by atoms with Gasteiger partial charge >= 0.3 is 5.97 Å². The number of hydrogen-bond donors (Lipinski definition) is 1. The van der Waals surface area contributed by atoms with Crippen molar-refractivity contribution in [3.8, 4) is 0 Å². The van der Waals surface area contributed by atoms with Crippen LogP contribution in [0.3, 0.4) is 0 Å². The Balaban J connectivity index is 1.57. The zero-order valence-corrected chi connectivity index (χ0v) is 13.2. The van der Waals surface area contributed by atoms with Crippen molar-refractivity contribution >= 4 is 11.9 Å². The molecule has 1 saturated heterocycles. The largest absolute Gasteiger partial charge is 0.478 e. The molecule has 1 heterocycles. The van der Waals surface area contributed by atoms with Crippen LogP contribution in [0.4, 0.5) is 0 Å². The SMILES string of the molecule is O=C(O)c1ccc(CCC(=O)N2CCO[C@H]3CCCC[C@@H]32)cc1. The van der Waals surface area contributed by atoms with Crippen LogP contribution in [0.25, 0.3) is 0 Å². The fourth-order valence-corrected chi connectivity index (χ4v) is 3.61. The molecule has 1 aliphatic heterocycles. The number of aryl methyl sites for hydroxylation is 1. The van der Waals surface area contributed by atoms with E-state index in [0.717, 1.165) is 18.4 Å². The predicted octanol–water partition coefficient (Wildman–Crippen LogP) is 2.49. The lowest BCUT2D eigenvalue weighted by Gasteiger charge is -2.43. The number of carboxylic acids is 1. The molecule has 3 rings (SSSR count). The van der Waals surface area contributed by atoms with Gasteiger partial charge in [0.15, 0.2) is 0 Å². The Hall–Kier alpha value is -1.88. The molecule has 0 aromatic heterocycles. The molecule has 1 N–H and O–H groups in total. The highest BCUT2D eigenvalue weighted by atomic mass is 16.5. The lowest BCUT2D eigenvalue weighted by Crippen LogP contribution is -2.54. The maximum atomic E-state index is 12.6. The Bertz CT molecular complexity index is 567. The molecule has 0 unspecified atom stereocenters. The van der Waals surface area contributed by atoms with Crippen LogP contribution in [-0.2, 0) is 16.0 Å². The molecule has 0 bridgehead atoms. The van der Waals surface area contributed by atoms with Crippen LogP contribution >= 0.6 is 0 Å². The smallest absolute Gasteiger partial charge is 0.335 e. The minimum Gasteiger partial charge on any atom is -0.478 e. The lowest BCUT2D eigenvalue weighted by atomic mass is 9.90. The van der Waals surface area contributed by atoms with Crippen molar-refractivity contribution in [3.63, 3.8) is 0 Å². The van der Waals surface area contributed by atoms with Crippen LogP contribution in [0, 0.1) is 0 Å². The van der Waals surface area contributed by atoms with Crippen LogP contribution in [0.1, 0.15) is 48.0 Å². The Morgan fingerprint density at radius 3 is 2.65 bits per heavy atom. The molecule has 124 valence electrons. The number of fused-ring (bicyclic) bond motifs is 1. The first-order valence-corrected chi connectivity index (χ1v) is 8.38. The van der Waals surface area contributed by atoms with Crippen LogP contribution in [-0.4, -0.2) is 47.2 Å². The molecule has 2 aliphatic rings. The molecule has 1 aromatic rings. The van der Waals surface area contributed by atoms with Crippen molar-refractivity contribution in [1.82, 2.24) is 4.90 Å². The van der Waals surface area contributed by atoms with Gasteiger partial charge in [0.25, 0.3) is 0 Å². The van der Waals surface area contributed by atoms with Crippen LogP contribution in [0.2, 0.25) is 0 Å². The summed E-state index contributed by atoms with van der Waals surface area (Å²) in [6, 6.07) is 7.01. The Kier molecular flexibility index (Phi) is 4.96. The number of aromatic carboxylic acids is 1. The summed E-state index contributed by atoms with van der Waals surface area (Å²) in [6.07, 6.45) is 5.80. The highest BCUT2D eigenvalue weighted by molar-refractivity contribution is 5.87. The topological polar surface area (TPSA) is 66.8 Å². The van der Waals surface area contributed by atoms with Crippen molar-refractivity contribution < 1.29 is 19.4 Å². The highest BCUT2D eigenvalue weighted by Crippen LogP contribution is 2.29. The summed E-state index contributed by atoms with van der Waals surface area (Å²) >= 11 is 0. The van der Waals surface area contributed by atoms with Crippen LogP contribution < -0.4 is 0 Å². The van der Waals surface area contributed by atoms with Gasteiger partial charge in [-0.25, -0.2) is 4.79 Å². The summed E-state index contributed by atoms with van der Waals surface area (Å²) in [5, 5.41) is 8.90. The average molecular weight is 317 g/mol. The number of carbonyl (C=O) groups is 2. The Labute approximate surface area is 136 Å². The van der Waals surface area contributed by atoms with Crippen molar-refractivity contribution in [3.05, 3.63) is 35.4 Å². The molecular weight excluding hydrogens is 294 g/mol. The molecule has 1 aliphatic carbocycles. The number of nitrogens with zero attached hydrogens (tertiary/aromatic N) is 1. The molecule has 0 spiro atoms. The number of carboxylic acid groups (broad SMARTS) is 1. The monoisotopic (exact) mass is 317 g/mol. The number of rotatable bonds is 4. The second-order valence-corrected chi connectivity index (χ2v) is 6.35. The Morgan fingerprint density at radius 2 is 1.91 bits per heavy atom. The van der Waals surface area contributed by atoms with E-state index in [1.54, 1.807) is 24.3 Å². The van der Waals surface area contributed by atoms with Crippen molar-refractivity contribution in [2.24, 2.45) is 0 Å². The van der Waals surface area contributed by atoms with Crippen molar-refractivity contribution in [2.45, 2.75) is 50.7 Å². The molecule has 1 aromatic carbocycles. The van der Waals surface area contributed by atoms with Crippen molar-refractivity contribution in [1.29, 1.82) is 0 Å². The summed E-state index contributed by atoms with van der Waals surface area (Å²) in [6.45, 7) is 1.33. The third kappa shape index (κ3) is 3.72. The first kappa shape index (κ1) is 16.0. The Morgan fingerprint density at radius 1 is 1.17 bits per heavy atom.